The predicted molar refractivity (Wildman–Crippen MR) is 119 cm³/mol. The van der Waals surface area contributed by atoms with Crippen molar-refractivity contribution in [3.63, 3.8) is 0 Å². The topological polar surface area (TPSA) is 84.6 Å². The van der Waals surface area contributed by atoms with Crippen LogP contribution in [0.3, 0.4) is 0 Å². The summed E-state index contributed by atoms with van der Waals surface area (Å²) in [4.78, 5) is 9.08. The number of aliphatic imine (C=N–C) groups is 1. The summed E-state index contributed by atoms with van der Waals surface area (Å²) in [7, 11) is 0. The number of benzene rings is 1. The van der Waals surface area contributed by atoms with Crippen molar-refractivity contribution in [1.29, 1.82) is 0 Å². The van der Waals surface area contributed by atoms with Crippen molar-refractivity contribution >= 4 is 41.5 Å². The summed E-state index contributed by atoms with van der Waals surface area (Å²) in [6.07, 6.45) is 4.70. The third-order valence-corrected chi connectivity index (χ3v) is 5.19. The Bertz CT molecular complexity index is 798. The van der Waals surface area contributed by atoms with Gasteiger partial charge in [-0.15, -0.1) is 24.0 Å². The van der Waals surface area contributed by atoms with E-state index in [1.54, 1.807) is 0 Å². The maximum Gasteiger partial charge on any atom is 0.228 e. The minimum Gasteiger partial charge on any atom is -0.373 e. The summed E-state index contributed by atoms with van der Waals surface area (Å²) in [5.74, 6) is 1.95. The molecule has 2 fully saturated rings. The predicted octanol–water partition coefficient (Wildman–Crippen LogP) is 3.43. The Labute approximate surface area is 186 Å². The van der Waals surface area contributed by atoms with Gasteiger partial charge in [-0.1, -0.05) is 16.8 Å². The van der Waals surface area contributed by atoms with Crippen LogP contribution in [0.2, 0.25) is 5.02 Å². The van der Waals surface area contributed by atoms with E-state index in [4.69, 9.17) is 20.9 Å². The molecule has 2 saturated heterocycles. The van der Waals surface area contributed by atoms with Gasteiger partial charge in [0.1, 0.15) is 0 Å². The molecule has 0 amide bonds. The van der Waals surface area contributed by atoms with Crippen molar-refractivity contribution in [3.05, 3.63) is 35.2 Å². The first-order valence-electron chi connectivity index (χ1n) is 9.50. The lowest BCUT2D eigenvalue weighted by Crippen LogP contribution is -2.47. The highest BCUT2D eigenvalue weighted by molar-refractivity contribution is 14.0. The first-order valence-corrected chi connectivity index (χ1v) is 9.88. The lowest BCUT2D eigenvalue weighted by molar-refractivity contribution is 0.0992. The molecule has 2 aliphatic rings. The van der Waals surface area contributed by atoms with Crippen molar-refractivity contribution in [3.8, 4) is 11.4 Å². The Hall–Kier alpha value is -1.39. The molecule has 1 aromatic carbocycles. The van der Waals surface area contributed by atoms with Gasteiger partial charge in [-0.25, -0.2) is 0 Å². The highest BCUT2D eigenvalue weighted by Gasteiger charge is 2.41. The Balaban J connectivity index is 0.00000225. The number of rotatable bonds is 6. The Morgan fingerprint density at radius 3 is 2.79 bits per heavy atom. The number of aromatic nitrogens is 2. The zero-order valence-corrected chi connectivity index (χ0v) is 18.8. The fraction of sp³-hybridized carbons (Fsp3) is 0.526. The molecule has 2 aromatic rings. The molecule has 7 nitrogen and oxygen atoms in total. The number of nitrogens with one attached hydrogen (secondary N) is 2. The lowest BCUT2D eigenvalue weighted by atomic mass is 9.96. The van der Waals surface area contributed by atoms with Gasteiger partial charge in [-0.05, 0) is 50.5 Å². The van der Waals surface area contributed by atoms with Gasteiger partial charge >= 0.3 is 0 Å². The second kappa shape index (κ2) is 9.89. The van der Waals surface area contributed by atoms with Crippen LogP contribution in [0.5, 0.6) is 0 Å². The summed E-state index contributed by atoms with van der Waals surface area (Å²) in [5.41, 5.74) is 0.879. The molecule has 0 spiro atoms. The molecular weight excluding hydrogens is 493 g/mol. The molecule has 3 heterocycles. The monoisotopic (exact) mass is 517 g/mol. The van der Waals surface area contributed by atoms with E-state index >= 15 is 0 Å². The highest BCUT2D eigenvalue weighted by atomic mass is 127. The van der Waals surface area contributed by atoms with Crippen LogP contribution in [0.4, 0.5) is 0 Å². The molecule has 152 valence electrons. The van der Waals surface area contributed by atoms with E-state index in [-0.39, 0.29) is 24.0 Å². The molecule has 3 unspecified atom stereocenters. The van der Waals surface area contributed by atoms with Crippen molar-refractivity contribution in [2.75, 3.05) is 13.1 Å². The van der Waals surface area contributed by atoms with Crippen molar-refractivity contribution in [1.82, 2.24) is 20.8 Å². The van der Waals surface area contributed by atoms with Gasteiger partial charge in [0, 0.05) is 23.6 Å². The van der Waals surface area contributed by atoms with Gasteiger partial charge in [0.05, 0.1) is 24.8 Å². The number of ether oxygens (including phenoxy) is 1. The molecule has 2 bridgehead atoms. The maximum atomic E-state index is 5.91. The number of hydrogen-bond donors (Lipinski definition) is 2. The van der Waals surface area contributed by atoms with Crippen molar-refractivity contribution in [2.24, 2.45) is 4.99 Å². The molecule has 0 aliphatic carbocycles. The average molecular weight is 518 g/mol. The third-order valence-electron chi connectivity index (χ3n) is 4.94. The van der Waals surface area contributed by atoms with Gasteiger partial charge in [0.2, 0.25) is 11.7 Å². The molecule has 2 aliphatic heterocycles. The van der Waals surface area contributed by atoms with Crippen LogP contribution in [0.15, 0.2) is 33.8 Å². The average Bonchev–Trinajstić information content (AvgIpc) is 3.39. The van der Waals surface area contributed by atoms with Crippen molar-refractivity contribution < 1.29 is 9.26 Å². The van der Waals surface area contributed by atoms with Crippen LogP contribution in [0.1, 0.15) is 32.1 Å². The van der Waals surface area contributed by atoms with Crippen LogP contribution >= 0.6 is 35.6 Å². The summed E-state index contributed by atoms with van der Waals surface area (Å²) in [5, 5.41) is 11.5. The second-order valence-corrected chi connectivity index (χ2v) is 7.33. The first kappa shape index (κ1) is 21.3. The van der Waals surface area contributed by atoms with Gasteiger partial charge in [-0.2, -0.15) is 4.98 Å². The molecule has 0 radical (unpaired) electrons. The minimum absolute atomic E-state index is 0. The summed E-state index contributed by atoms with van der Waals surface area (Å²) < 4.78 is 11.2. The van der Waals surface area contributed by atoms with Crippen LogP contribution in [0.25, 0.3) is 11.4 Å². The first-order chi connectivity index (χ1) is 13.2. The Kier molecular flexibility index (Phi) is 7.53. The third kappa shape index (κ3) is 5.15. The molecule has 4 rings (SSSR count). The molecule has 0 saturated carbocycles. The number of halogens is 2. The van der Waals surface area contributed by atoms with E-state index in [9.17, 15) is 0 Å². The molecular formula is C19H25ClIN5O2. The number of fused-ring (bicyclic) bond motifs is 2. The molecule has 1 aromatic heterocycles. The summed E-state index contributed by atoms with van der Waals surface area (Å²) >= 11 is 5.91. The largest absolute Gasteiger partial charge is 0.373 e. The zero-order valence-electron chi connectivity index (χ0n) is 15.7. The summed E-state index contributed by atoms with van der Waals surface area (Å²) in [6, 6.07) is 7.72. The highest BCUT2D eigenvalue weighted by Crippen LogP contribution is 2.34. The lowest BCUT2D eigenvalue weighted by Gasteiger charge is -2.22. The molecule has 9 heteroatoms. The summed E-state index contributed by atoms with van der Waals surface area (Å²) in [6.45, 7) is 3.44. The van der Waals surface area contributed by atoms with E-state index in [0.717, 1.165) is 30.9 Å². The van der Waals surface area contributed by atoms with E-state index < -0.39 is 0 Å². The maximum absolute atomic E-state index is 5.91. The quantitative estimate of drug-likeness (QED) is 0.347. The van der Waals surface area contributed by atoms with Gasteiger partial charge in [-0.3, -0.25) is 4.99 Å². The fourth-order valence-electron chi connectivity index (χ4n) is 3.62. The number of guanidine groups is 1. The van der Waals surface area contributed by atoms with Crippen LogP contribution in [-0.2, 0) is 11.2 Å². The van der Waals surface area contributed by atoms with Crippen LogP contribution < -0.4 is 10.6 Å². The van der Waals surface area contributed by atoms with Gasteiger partial charge in [0.25, 0.3) is 0 Å². The normalized spacial score (nSPS) is 23.5. The fourth-order valence-corrected chi connectivity index (χ4v) is 3.75. The minimum atomic E-state index is 0. The second-order valence-electron chi connectivity index (χ2n) is 6.89. The molecule has 3 atom stereocenters. The van der Waals surface area contributed by atoms with E-state index in [1.165, 1.54) is 6.42 Å². The van der Waals surface area contributed by atoms with E-state index in [1.807, 2.05) is 24.3 Å². The van der Waals surface area contributed by atoms with Gasteiger partial charge in [0.15, 0.2) is 5.96 Å². The van der Waals surface area contributed by atoms with Gasteiger partial charge < -0.3 is 19.9 Å². The Morgan fingerprint density at radius 2 is 2.11 bits per heavy atom. The van der Waals surface area contributed by atoms with Crippen molar-refractivity contribution in [2.45, 2.75) is 50.9 Å². The smallest absolute Gasteiger partial charge is 0.228 e. The number of nitrogens with zero attached hydrogens (tertiary/aromatic N) is 3. The zero-order chi connectivity index (χ0) is 18.6. The molecule has 28 heavy (non-hydrogen) atoms. The Morgan fingerprint density at radius 1 is 1.29 bits per heavy atom. The van der Waals surface area contributed by atoms with E-state index in [0.29, 0.717) is 48.0 Å². The standard InChI is InChI=1S/C19H24ClN5O2.HI/c1-2-21-19(23-15-11-14-7-8-16(15)26-14)22-10-9-17-24-18(25-27-17)12-3-5-13(20)6-4-12;/h3-6,14-16H,2,7-11H2,1H3,(H2,21,22,23);1H. The van der Waals surface area contributed by atoms with Crippen LogP contribution in [-0.4, -0.2) is 47.4 Å². The molecule has 2 N–H and O–H groups in total. The van der Waals surface area contributed by atoms with E-state index in [2.05, 4.69) is 32.7 Å². The van der Waals surface area contributed by atoms with Crippen LogP contribution in [0, 0.1) is 0 Å². The number of hydrogen-bond acceptors (Lipinski definition) is 5. The SMILES string of the molecule is CCNC(=NCCc1nc(-c2ccc(Cl)cc2)no1)NC1CC2CCC1O2.I.